The first-order chi connectivity index (χ1) is 8.36. The highest BCUT2D eigenvalue weighted by Gasteiger charge is 2.14. The van der Waals surface area contributed by atoms with Gasteiger partial charge in [-0.05, 0) is 18.6 Å². The summed E-state index contributed by atoms with van der Waals surface area (Å²) in [4.78, 5) is 15.5. The zero-order chi connectivity index (χ0) is 11.9. The number of ether oxygens (including phenoxy) is 2. The van der Waals surface area contributed by atoms with E-state index in [2.05, 4.69) is 10.3 Å². The van der Waals surface area contributed by atoms with Gasteiger partial charge in [-0.2, -0.15) is 0 Å². The van der Waals surface area contributed by atoms with E-state index in [4.69, 9.17) is 9.47 Å². The summed E-state index contributed by atoms with van der Waals surface area (Å²) in [6, 6.07) is 3.37. The molecule has 1 amide bonds. The van der Waals surface area contributed by atoms with Gasteiger partial charge in [0.05, 0.1) is 13.2 Å². The first-order valence-electron chi connectivity index (χ1n) is 5.78. The average Bonchev–Trinajstić information content (AvgIpc) is 2.41. The summed E-state index contributed by atoms with van der Waals surface area (Å²) >= 11 is 0. The standard InChI is InChI=1S/C12H16N2O3/c15-12(10-2-5-13-6-3-10)14-7-4-11-16-8-1-9-17-11/h2-3,5-6,11H,1,4,7-9H2,(H,14,15). The van der Waals surface area contributed by atoms with Crippen molar-refractivity contribution in [2.24, 2.45) is 0 Å². The lowest BCUT2D eigenvalue weighted by molar-refractivity contribution is -0.180. The summed E-state index contributed by atoms with van der Waals surface area (Å²) in [6.45, 7) is 2.03. The number of carbonyl (C=O) groups is 1. The minimum atomic E-state index is -0.179. The molecule has 1 fully saturated rings. The number of aromatic nitrogens is 1. The maximum atomic E-state index is 11.7. The zero-order valence-corrected chi connectivity index (χ0v) is 9.59. The topological polar surface area (TPSA) is 60.5 Å². The Labute approximate surface area is 100 Å². The van der Waals surface area contributed by atoms with Crippen molar-refractivity contribution in [3.63, 3.8) is 0 Å². The van der Waals surface area contributed by atoms with Crippen LogP contribution in [0.1, 0.15) is 23.2 Å². The van der Waals surface area contributed by atoms with Crippen molar-refractivity contribution in [2.45, 2.75) is 19.1 Å². The van der Waals surface area contributed by atoms with Gasteiger partial charge >= 0.3 is 0 Å². The lowest BCUT2D eigenvalue weighted by atomic mass is 10.2. The summed E-state index contributed by atoms with van der Waals surface area (Å²) in [6.07, 6.45) is 4.64. The van der Waals surface area contributed by atoms with E-state index in [0.717, 1.165) is 19.6 Å². The van der Waals surface area contributed by atoms with E-state index in [9.17, 15) is 4.79 Å². The molecule has 92 valence electrons. The summed E-state index contributed by atoms with van der Waals surface area (Å²) < 4.78 is 10.8. The van der Waals surface area contributed by atoms with Crippen molar-refractivity contribution in [3.8, 4) is 0 Å². The Bertz CT molecular complexity index is 350. The Morgan fingerprint density at radius 2 is 2.06 bits per heavy atom. The third-order valence-electron chi connectivity index (χ3n) is 2.50. The van der Waals surface area contributed by atoms with Crippen molar-refractivity contribution in [1.82, 2.24) is 10.3 Å². The average molecular weight is 236 g/mol. The molecule has 0 aliphatic carbocycles. The molecule has 1 aromatic heterocycles. The van der Waals surface area contributed by atoms with E-state index in [-0.39, 0.29) is 12.2 Å². The normalized spacial score (nSPS) is 16.7. The van der Waals surface area contributed by atoms with Crippen LogP contribution < -0.4 is 5.32 Å². The fourth-order valence-electron chi connectivity index (χ4n) is 1.61. The van der Waals surface area contributed by atoms with Crippen LogP contribution in [0.25, 0.3) is 0 Å². The molecule has 1 N–H and O–H groups in total. The SMILES string of the molecule is O=C(NCCC1OCCCO1)c1ccncc1. The fourth-order valence-corrected chi connectivity index (χ4v) is 1.61. The first kappa shape index (κ1) is 12.0. The summed E-state index contributed by atoms with van der Waals surface area (Å²) in [5.41, 5.74) is 0.616. The molecule has 1 saturated heterocycles. The van der Waals surface area contributed by atoms with E-state index >= 15 is 0 Å². The van der Waals surface area contributed by atoms with Crippen LogP contribution in [0.15, 0.2) is 24.5 Å². The van der Waals surface area contributed by atoms with E-state index < -0.39 is 0 Å². The van der Waals surface area contributed by atoms with Gasteiger partial charge in [-0.1, -0.05) is 0 Å². The minimum Gasteiger partial charge on any atom is -0.353 e. The number of nitrogens with zero attached hydrogens (tertiary/aromatic N) is 1. The molecular formula is C12H16N2O3. The lowest BCUT2D eigenvalue weighted by Gasteiger charge is -2.23. The molecule has 0 spiro atoms. The van der Waals surface area contributed by atoms with Gasteiger partial charge in [0.15, 0.2) is 6.29 Å². The molecule has 0 aromatic carbocycles. The molecule has 1 aromatic rings. The largest absolute Gasteiger partial charge is 0.353 e. The van der Waals surface area contributed by atoms with Crippen molar-refractivity contribution in [3.05, 3.63) is 30.1 Å². The third kappa shape index (κ3) is 3.80. The zero-order valence-electron chi connectivity index (χ0n) is 9.59. The summed E-state index contributed by atoms with van der Waals surface area (Å²) in [7, 11) is 0. The summed E-state index contributed by atoms with van der Waals surface area (Å²) in [5.74, 6) is -0.0943. The summed E-state index contributed by atoms with van der Waals surface area (Å²) in [5, 5.41) is 2.82. The number of rotatable bonds is 4. The molecule has 5 heteroatoms. The molecule has 0 atom stereocenters. The van der Waals surface area contributed by atoms with Gasteiger partial charge in [-0.25, -0.2) is 0 Å². The van der Waals surface area contributed by atoms with Gasteiger partial charge in [0.1, 0.15) is 0 Å². The molecule has 0 bridgehead atoms. The maximum Gasteiger partial charge on any atom is 0.251 e. The van der Waals surface area contributed by atoms with E-state index in [1.165, 1.54) is 0 Å². The van der Waals surface area contributed by atoms with Crippen molar-refractivity contribution in [2.75, 3.05) is 19.8 Å². The molecule has 2 rings (SSSR count). The van der Waals surface area contributed by atoms with Crippen molar-refractivity contribution < 1.29 is 14.3 Å². The van der Waals surface area contributed by atoms with E-state index in [1.807, 2.05) is 0 Å². The molecule has 5 nitrogen and oxygen atoms in total. The molecule has 0 unspecified atom stereocenters. The maximum absolute atomic E-state index is 11.7. The Morgan fingerprint density at radius 1 is 1.35 bits per heavy atom. The van der Waals surface area contributed by atoms with Gasteiger partial charge in [-0.3, -0.25) is 9.78 Å². The molecule has 17 heavy (non-hydrogen) atoms. The number of hydrogen-bond donors (Lipinski definition) is 1. The Hall–Kier alpha value is -1.46. The second-order valence-corrected chi connectivity index (χ2v) is 3.81. The van der Waals surface area contributed by atoms with Crippen LogP contribution in [0.2, 0.25) is 0 Å². The van der Waals surface area contributed by atoms with Crippen LogP contribution in [0.3, 0.4) is 0 Å². The van der Waals surface area contributed by atoms with Crippen molar-refractivity contribution >= 4 is 5.91 Å². The predicted molar refractivity (Wildman–Crippen MR) is 61.5 cm³/mol. The van der Waals surface area contributed by atoms with E-state index in [0.29, 0.717) is 18.5 Å². The van der Waals surface area contributed by atoms with Crippen LogP contribution in [0.5, 0.6) is 0 Å². The molecule has 1 aliphatic heterocycles. The Morgan fingerprint density at radius 3 is 2.76 bits per heavy atom. The molecule has 1 aliphatic rings. The van der Waals surface area contributed by atoms with Crippen LogP contribution in [-0.4, -0.2) is 36.9 Å². The number of amides is 1. The quantitative estimate of drug-likeness (QED) is 0.846. The number of nitrogens with one attached hydrogen (secondary N) is 1. The van der Waals surface area contributed by atoms with E-state index in [1.54, 1.807) is 24.5 Å². The second-order valence-electron chi connectivity index (χ2n) is 3.81. The monoisotopic (exact) mass is 236 g/mol. The first-order valence-corrected chi connectivity index (χ1v) is 5.78. The van der Waals surface area contributed by atoms with Gasteiger partial charge < -0.3 is 14.8 Å². The highest BCUT2D eigenvalue weighted by molar-refractivity contribution is 5.93. The molecule has 2 heterocycles. The lowest BCUT2D eigenvalue weighted by Crippen LogP contribution is -2.31. The van der Waals surface area contributed by atoms with Crippen LogP contribution >= 0.6 is 0 Å². The Kier molecular flexibility index (Phi) is 4.46. The van der Waals surface area contributed by atoms with Crippen LogP contribution in [-0.2, 0) is 9.47 Å². The van der Waals surface area contributed by atoms with Crippen LogP contribution in [0.4, 0.5) is 0 Å². The smallest absolute Gasteiger partial charge is 0.251 e. The van der Waals surface area contributed by atoms with Gasteiger partial charge in [0.25, 0.3) is 5.91 Å². The van der Waals surface area contributed by atoms with Crippen molar-refractivity contribution in [1.29, 1.82) is 0 Å². The number of hydrogen-bond acceptors (Lipinski definition) is 4. The third-order valence-corrected chi connectivity index (χ3v) is 2.50. The number of carbonyl (C=O) groups excluding carboxylic acids is 1. The van der Waals surface area contributed by atoms with Gasteiger partial charge in [0, 0.05) is 30.9 Å². The molecule has 0 saturated carbocycles. The van der Waals surface area contributed by atoms with Gasteiger partial charge in [-0.15, -0.1) is 0 Å². The molecule has 0 radical (unpaired) electrons. The highest BCUT2D eigenvalue weighted by Crippen LogP contribution is 2.07. The minimum absolute atomic E-state index is 0.0943. The fraction of sp³-hybridized carbons (Fsp3) is 0.500. The molecular weight excluding hydrogens is 220 g/mol. The Balaban J connectivity index is 1.69. The predicted octanol–water partition coefficient (Wildman–Crippen LogP) is 0.964. The van der Waals surface area contributed by atoms with Crippen LogP contribution in [0, 0.1) is 0 Å². The number of pyridine rings is 1. The second kappa shape index (κ2) is 6.32. The van der Waals surface area contributed by atoms with Gasteiger partial charge in [0.2, 0.25) is 0 Å². The highest BCUT2D eigenvalue weighted by atomic mass is 16.7.